The molecule has 0 spiro atoms. The van der Waals surface area contributed by atoms with Crippen LogP contribution < -0.4 is 10.6 Å². The molecule has 1 aliphatic heterocycles. The quantitative estimate of drug-likeness (QED) is 0.387. The van der Waals surface area contributed by atoms with Crippen molar-refractivity contribution in [3.8, 4) is 0 Å². The molecule has 0 radical (unpaired) electrons. The lowest BCUT2D eigenvalue weighted by atomic mass is 10.1. The van der Waals surface area contributed by atoms with Crippen LogP contribution in [-0.2, 0) is 6.42 Å². The monoisotopic (exact) mass is 470 g/mol. The van der Waals surface area contributed by atoms with E-state index in [9.17, 15) is 0 Å². The van der Waals surface area contributed by atoms with Crippen LogP contribution in [0.3, 0.4) is 0 Å². The number of likely N-dealkylation sites (tertiary alicyclic amines) is 1. The first-order valence-electron chi connectivity index (χ1n) is 9.36. The van der Waals surface area contributed by atoms with E-state index in [4.69, 9.17) is 4.98 Å². The zero-order chi connectivity index (χ0) is 17.5. The molecule has 3 heterocycles. The molecular weight excluding hydrogens is 439 g/mol. The fourth-order valence-corrected chi connectivity index (χ4v) is 3.37. The maximum absolute atomic E-state index is 4.71. The molecule has 144 valence electrons. The number of rotatable bonds is 6. The summed E-state index contributed by atoms with van der Waals surface area (Å²) in [6.45, 7) is 7.42. The Hall–Kier alpha value is -1.35. The molecule has 0 saturated carbocycles. The van der Waals surface area contributed by atoms with Gasteiger partial charge in [0.2, 0.25) is 0 Å². The van der Waals surface area contributed by atoms with Crippen molar-refractivity contribution in [2.24, 2.45) is 4.99 Å². The Labute approximate surface area is 173 Å². The van der Waals surface area contributed by atoms with E-state index in [1.807, 2.05) is 13.2 Å². The van der Waals surface area contributed by atoms with Crippen LogP contribution in [0.4, 0.5) is 0 Å². The highest BCUT2D eigenvalue weighted by Crippen LogP contribution is 2.10. The molecule has 3 rings (SSSR count). The van der Waals surface area contributed by atoms with E-state index in [2.05, 4.69) is 50.2 Å². The highest BCUT2D eigenvalue weighted by Gasteiger charge is 2.09. The second-order valence-electron chi connectivity index (χ2n) is 6.73. The Morgan fingerprint density at radius 1 is 1.19 bits per heavy atom. The number of nitrogens with zero attached hydrogens (tertiary/aromatic N) is 4. The average Bonchev–Trinajstić information content (AvgIpc) is 3.06. The highest BCUT2D eigenvalue weighted by molar-refractivity contribution is 14.0. The van der Waals surface area contributed by atoms with Gasteiger partial charge in [-0.15, -0.1) is 24.0 Å². The van der Waals surface area contributed by atoms with Gasteiger partial charge in [-0.1, -0.05) is 12.5 Å². The Kier molecular flexibility index (Phi) is 8.64. The predicted molar refractivity (Wildman–Crippen MR) is 119 cm³/mol. The van der Waals surface area contributed by atoms with Gasteiger partial charge in [0.05, 0.1) is 5.69 Å². The molecule has 1 fully saturated rings. The SMILES string of the molecule is CN=C(NCCc1cn2cccc(C)c2n1)NCCN1CCCCC1.I. The molecule has 0 aromatic carbocycles. The molecule has 0 atom stereocenters. The number of imidazole rings is 1. The molecule has 0 unspecified atom stereocenters. The van der Waals surface area contributed by atoms with Crippen LogP contribution in [0.25, 0.3) is 5.65 Å². The number of fused-ring (bicyclic) bond motifs is 1. The Morgan fingerprint density at radius 3 is 2.69 bits per heavy atom. The number of aliphatic imine (C=N–C) groups is 1. The zero-order valence-corrected chi connectivity index (χ0v) is 18.2. The van der Waals surface area contributed by atoms with Gasteiger partial charge in [-0.25, -0.2) is 4.98 Å². The summed E-state index contributed by atoms with van der Waals surface area (Å²) < 4.78 is 2.09. The van der Waals surface area contributed by atoms with Crippen molar-refractivity contribution in [1.29, 1.82) is 0 Å². The summed E-state index contributed by atoms with van der Waals surface area (Å²) in [5.74, 6) is 0.872. The fraction of sp³-hybridized carbons (Fsp3) is 0.579. The number of halogens is 1. The molecule has 26 heavy (non-hydrogen) atoms. The minimum absolute atomic E-state index is 0. The lowest BCUT2D eigenvalue weighted by Gasteiger charge is -2.26. The number of aromatic nitrogens is 2. The van der Waals surface area contributed by atoms with Gasteiger partial charge in [-0.3, -0.25) is 4.99 Å². The van der Waals surface area contributed by atoms with Crippen LogP contribution in [0.5, 0.6) is 0 Å². The van der Waals surface area contributed by atoms with E-state index in [1.165, 1.54) is 37.9 Å². The lowest BCUT2D eigenvalue weighted by molar-refractivity contribution is 0.232. The van der Waals surface area contributed by atoms with Crippen LogP contribution in [0.2, 0.25) is 0 Å². The van der Waals surface area contributed by atoms with Crippen molar-refractivity contribution in [3.05, 3.63) is 35.8 Å². The van der Waals surface area contributed by atoms with E-state index < -0.39 is 0 Å². The van der Waals surface area contributed by atoms with Crippen LogP contribution in [0.15, 0.2) is 29.5 Å². The van der Waals surface area contributed by atoms with Crippen molar-refractivity contribution in [2.75, 3.05) is 39.8 Å². The van der Waals surface area contributed by atoms with Crippen LogP contribution >= 0.6 is 24.0 Å². The minimum atomic E-state index is 0. The molecule has 1 aliphatic rings. The van der Waals surface area contributed by atoms with E-state index in [1.54, 1.807) is 0 Å². The van der Waals surface area contributed by atoms with Crippen molar-refractivity contribution in [2.45, 2.75) is 32.6 Å². The molecule has 0 aliphatic carbocycles. The molecule has 2 aromatic heterocycles. The summed E-state index contributed by atoms with van der Waals surface area (Å²) in [5.41, 5.74) is 3.35. The van der Waals surface area contributed by atoms with E-state index >= 15 is 0 Å². The summed E-state index contributed by atoms with van der Waals surface area (Å²) in [6, 6.07) is 4.15. The average molecular weight is 470 g/mol. The topological polar surface area (TPSA) is 57.0 Å². The van der Waals surface area contributed by atoms with Crippen molar-refractivity contribution in [3.63, 3.8) is 0 Å². The maximum atomic E-state index is 4.71. The number of nitrogens with one attached hydrogen (secondary N) is 2. The maximum Gasteiger partial charge on any atom is 0.191 e. The number of hydrogen-bond acceptors (Lipinski definition) is 3. The first kappa shape index (κ1) is 21.0. The molecule has 6 nitrogen and oxygen atoms in total. The molecule has 2 N–H and O–H groups in total. The summed E-state index contributed by atoms with van der Waals surface area (Å²) in [5, 5.41) is 6.80. The normalized spacial score (nSPS) is 15.7. The predicted octanol–water partition coefficient (Wildman–Crippen LogP) is 2.45. The van der Waals surface area contributed by atoms with E-state index in [-0.39, 0.29) is 24.0 Å². The largest absolute Gasteiger partial charge is 0.356 e. The molecule has 7 heteroatoms. The van der Waals surface area contributed by atoms with Crippen LogP contribution in [-0.4, -0.2) is 60.0 Å². The van der Waals surface area contributed by atoms with Gasteiger partial charge in [0.25, 0.3) is 0 Å². The highest BCUT2D eigenvalue weighted by atomic mass is 127. The first-order valence-corrected chi connectivity index (χ1v) is 9.36. The van der Waals surface area contributed by atoms with Gasteiger partial charge < -0.3 is 19.9 Å². The van der Waals surface area contributed by atoms with Gasteiger partial charge >= 0.3 is 0 Å². The van der Waals surface area contributed by atoms with Gasteiger partial charge in [-0.05, 0) is 44.5 Å². The number of piperidine rings is 1. The molecule has 0 amide bonds. The van der Waals surface area contributed by atoms with Gasteiger partial charge in [0, 0.05) is 45.5 Å². The summed E-state index contributed by atoms with van der Waals surface area (Å²) in [6.07, 6.45) is 9.10. The van der Waals surface area contributed by atoms with E-state index in [0.29, 0.717) is 0 Å². The van der Waals surface area contributed by atoms with Crippen LogP contribution in [0, 0.1) is 6.92 Å². The summed E-state index contributed by atoms with van der Waals surface area (Å²) in [4.78, 5) is 11.6. The third-order valence-electron chi connectivity index (χ3n) is 4.79. The smallest absolute Gasteiger partial charge is 0.191 e. The third kappa shape index (κ3) is 5.84. The second-order valence-corrected chi connectivity index (χ2v) is 6.73. The Morgan fingerprint density at radius 2 is 1.96 bits per heavy atom. The lowest BCUT2D eigenvalue weighted by Crippen LogP contribution is -2.43. The second kappa shape index (κ2) is 10.7. The van der Waals surface area contributed by atoms with Gasteiger partial charge in [0.1, 0.15) is 5.65 Å². The Balaban J connectivity index is 0.00000243. The van der Waals surface area contributed by atoms with Crippen molar-refractivity contribution in [1.82, 2.24) is 24.9 Å². The van der Waals surface area contributed by atoms with Crippen LogP contribution in [0.1, 0.15) is 30.5 Å². The fourth-order valence-electron chi connectivity index (χ4n) is 3.37. The first-order chi connectivity index (χ1) is 12.3. The molecule has 1 saturated heterocycles. The number of hydrogen-bond donors (Lipinski definition) is 2. The number of pyridine rings is 1. The number of guanidine groups is 1. The minimum Gasteiger partial charge on any atom is -0.356 e. The molecule has 2 aromatic rings. The van der Waals surface area contributed by atoms with E-state index in [0.717, 1.165) is 43.4 Å². The summed E-state index contributed by atoms with van der Waals surface area (Å²) >= 11 is 0. The van der Waals surface area contributed by atoms with Crippen molar-refractivity contribution < 1.29 is 0 Å². The van der Waals surface area contributed by atoms with Gasteiger partial charge in [0.15, 0.2) is 5.96 Å². The molecular formula is C19H31IN6. The molecule has 0 bridgehead atoms. The summed E-state index contributed by atoms with van der Waals surface area (Å²) in [7, 11) is 1.82. The zero-order valence-electron chi connectivity index (χ0n) is 15.9. The standard InChI is InChI=1S/C19H30N6.HI/c1-16-7-6-13-25-15-17(23-18(16)25)8-9-21-19(20-2)22-10-14-24-11-4-3-5-12-24;/h6-7,13,15H,3-5,8-12,14H2,1-2H3,(H2,20,21,22);1H. The number of aryl methyl sites for hydroxylation is 1. The Bertz CT molecular complexity index is 705. The van der Waals surface area contributed by atoms with Crippen molar-refractivity contribution >= 4 is 35.6 Å². The third-order valence-corrected chi connectivity index (χ3v) is 4.79. The van der Waals surface area contributed by atoms with Gasteiger partial charge in [-0.2, -0.15) is 0 Å².